The second kappa shape index (κ2) is 7.01. The SMILES string of the molecule is Cc1cccc(-c2ccc(C(=O)N[C@@H](C)[C@H]3CCCO3)c(=O)[nH]2)c1. The highest BCUT2D eigenvalue weighted by Gasteiger charge is 2.24. The molecule has 0 unspecified atom stereocenters. The molecule has 1 saturated heterocycles. The van der Waals surface area contributed by atoms with Gasteiger partial charge < -0.3 is 15.0 Å². The van der Waals surface area contributed by atoms with Gasteiger partial charge in [-0.1, -0.05) is 23.8 Å². The van der Waals surface area contributed by atoms with E-state index in [0.717, 1.165) is 30.6 Å². The van der Waals surface area contributed by atoms with Crippen LogP contribution in [0.15, 0.2) is 41.2 Å². The van der Waals surface area contributed by atoms with Gasteiger partial charge in [-0.3, -0.25) is 9.59 Å². The smallest absolute Gasteiger partial charge is 0.261 e. The van der Waals surface area contributed by atoms with Crippen molar-refractivity contribution in [3.05, 3.63) is 57.9 Å². The lowest BCUT2D eigenvalue weighted by Crippen LogP contribution is -2.42. The fourth-order valence-corrected chi connectivity index (χ4v) is 3.01. The van der Waals surface area contributed by atoms with Crippen LogP contribution in [0, 0.1) is 6.92 Å². The van der Waals surface area contributed by atoms with E-state index in [2.05, 4.69) is 10.3 Å². The Kier molecular flexibility index (Phi) is 4.81. The fourth-order valence-electron chi connectivity index (χ4n) is 3.01. The maximum Gasteiger partial charge on any atom is 0.261 e. The van der Waals surface area contributed by atoms with E-state index in [-0.39, 0.29) is 29.2 Å². The van der Waals surface area contributed by atoms with E-state index in [1.807, 2.05) is 38.1 Å². The minimum Gasteiger partial charge on any atom is -0.376 e. The van der Waals surface area contributed by atoms with Gasteiger partial charge in [0.2, 0.25) is 0 Å². The molecule has 1 aliphatic rings. The molecule has 5 heteroatoms. The number of carbonyl (C=O) groups is 1. The number of aromatic nitrogens is 1. The Morgan fingerprint density at radius 3 is 2.83 bits per heavy atom. The Balaban J connectivity index is 1.77. The number of aromatic amines is 1. The molecule has 2 heterocycles. The molecule has 2 aromatic rings. The number of rotatable bonds is 4. The number of pyridine rings is 1. The van der Waals surface area contributed by atoms with Crippen molar-refractivity contribution < 1.29 is 9.53 Å². The first kappa shape index (κ1) is 16.5. The molecular weight excluding hydrogens is 304 g/mol. The van der Waals surface area contributed by atoms with Crippen molar-refractivity contribution in [3.8, 4) is 11.3 Å². The van der Waals surface area contributed by atoms with Crippen LogP contribution in [-0.4, -0.2) is 29.6 Å². The fraction of sp³-hybridized carbons (Fsp3) is 0.368. The molecule has 1 aromatic carbocycles. The average Bonchev–Trinajstić information content (AvgIpc) is 3.09. The molecule has 1 aromatic heterocycles. The Labute approximate surface area is 141 Å². The minimum atomic E-state index is -0.383. The first-order valence-electron chi connectivity index (χ1n) is 8.27. The molecule has 3 rings (SSSR count). The molecule has 0 saturated carbocycles. The van der Waals surface area contributed by atoms with Crippen LogP contribution in [0.3, 0.4) is 0 Å². The average molecular weight is 326 g/mol. The molecule has 2 atom stereocenters. The molecule has 1 aliphatic heterocycles. The van der Waals surface area contributed by atoms with Gasteiger partial charge in [0, 0.05) is 12.3 Å². The number of H-pyrrole nitrogens is 1. The largest absolute Gasteiger partial charge is 0.376 e. The number of hydrogen-bond acceptors (Lipinski definition) is 3. The first-order chi connectivity index (χ1) is 11.5. The Bertz CT molecular complexity index is 791. The maximum atomic E-state index is 12.3. The minimum absolute atomic E-state index is 0.0274. The third-order valence-corrected chi connectivity index (χ3v) is 4.36. The highest BCUT2D eigenvalue weighted by atomic mass is 16.5. The maximum absolute atomic E-state index is 12.3. The monoisotopic (exact) mass is 326 g/mol. The Hall–Kier alpha value is -2.40. The predicted octanol–water partition coefficient (Wildman–Crippen LogP) is 2.65. The van der Waals surface area contributed by atoms with E-state index in [1.165, 1.54) is 0 Å². The van der Waals surface area contributed by atoms with Crippen LogP contribution in [0.5, 0.6) is 0 Å². The summed E-state index contributed by atoms with van der Waals surface area (Å²) in [5, 5.41) is 2.86. The van der Waals surface area contributed by atoms with Gasteiger partial charge in [0.15, 0.2) is 0 Å². The van der Waals surface area contributed by atoms with Crippen molar-refractivity contribution in [2.24, 2.45) is 0 Å². The summed E-state index contributed by atoms with van der Waals surface area (Å²) >= 11 is 0. The summed E-state index contributed by atoms with van der Waals surface area (Å²) in [5.41, 5.74) is 2.47. The van der Waals surface area contributed by atoms with E-state index >= 15 is 0 Å². The van der Waals surface area contributed by atoms with Gasteiger partial charge in [0.25, 0.3) is 11.5 Å². The van der Waals surface area contributed by atoms with E-state index in [0.29, 0.717) is 5.69 Å². The Morgan fingerprint density at radius 2 is 2.17 bits per heavy atom. The van der Waals surface area contributed by atoms with Crippen LogP contribution in [0.2, 0.25) is 0 Å². The van der Waals surface area contributed by atoms with Gasteiger partial charge in [-0.25, -0.2) is 0 Å². The predicted molar refractivity (Wildman–Crippen MR) is 93.1 cm³/mol. The van der Waals surface area contributed by atoms with E-state index in [9.17, 15) is 9.59 Å². The van der Waals surface area contributed by atoms with Gasteiger partial charge in [0.1, 0.15) is 5.56 Å². The quantitative estimate of drug-likeness (QED) is 0.907. The number of hydrogen-bond donors (Lipinski definition) is 2. The lowest BCUT2D eigenvalue weighted by atomic mass is 10.1. The zero-order valence-electron chi connectivity index (χ0n) is 14.0. The van der Waals surface area contributed by atoms with Gasteiger partial charge in [-0.05, 0) is 50.5 Å². The Morgan fingerprint density at radius 1 is 1.33 bits per heavy atom. The second-order valence-electron chi connectivity index (χ2n) is 6.30. The highest BCUT2D eigenvalue weighted by Crippen LogP contribution is 2.18. The lowest BCUT2D eigenvalue weighted by Gasteiger charge is -2.19. The summed E-state index contributed by atoms with van der Waals surface area (Å²) in [6, 6.07) is 11.1. The van der Waals surface area contributed by atoms with Crippen molar-refractivity contribution in [1.29, 1.82) is 0 Å². The molecule has 126 valence electrons. The van der Waals surface area contributed by atoms with Crippen molar-refractivity contribution in [1.82, 2.24) is 10.3 Å². The van der Waals surface area contributed by atoms with E-state index in [1.54, 1.807) is 12.1 Å². The summed E-state index contributed by atoms with van der Waals surface area (Å²) in [6.07, 6.45) is 1.97. The molecule has 0 radical (unpaired) electrons. The molecule has 2 N–H and O–H groups in total. The van der Waals surface area contributed by atoms with Gasteiger partial charge in [-0.15, -0.1) is 0 Å². The number of benzene rings is 1. The summed E-state index contributed by atoms with van der Waals surface area (Å²) in [5.74, 6) is -0.366. The van der Waals surface area contributed by atoms with Crippen LogP contribution >= 0.6 is 0 Å². The molecule has 1 amide bonds. The molecule has 0 spiro atoms. The molecule has 0 bridgehead atoms. The van der Waals surface area contributed by atoms with Gasteiger partial charge in [0.05, 0.1) is 12.1 Å². The van der Waals surface area contributed by atoms with Crippen molar-refractivity contribution >= 4 is 5.91 Å². The summed E-state index contributed by atoms with van der Waals surface area (Å²) < 4.78 is 5.57. The summed E-state index contributed by atoms with van der Waals surface area (Å²) in [4.78, 5) is 27.4. The topological polar surface area (TPSA) is 71.2 Å². The van der Waals surface area contributed by atoms with Crippen molar-refractivity contribution in [2.45, 2.75) is 38.8 Å². The van der Waals surface area contributed by atoms with Crippen LogP contribution in [0.1, 0.15) is 35.7 Å². The number of aryl methyl sites for hydroxylation is 1. The molecule has 1 fully saturated rings. The molecule has 24 heavy (non-hydrogen) atoms. The zero-order valence-corrected chi connectivity index (χ0v) is 14.0. The summed E-state index contributed by atoms with van der Waals surface area (Å²) in [6.45, 7) is 4.63. The van der Waals surface area contributed by atoms with E-state index < -0.39 is 0 Å². The van der Waals surface area contributed by atoms with E-state index in [4.69, 9.17) is 4.74 Å². The van der Waals surface area contributed by atoms with Crippen LogP contribution in [-0.2, 0) is 4.74 Å². The highest BCUT2D eigenvalue weighted by molar-refractivity contribution is 5.94. The standard InChI is InChI=1S/C19H22N2O3/c1-12-5-3-6-14(11-12)16-9-8-15(19(23)21-16)18(22)20-13(2)17-7-4-10-24-17/h3,5-6,8-9,11,13,17H,4,7,10H2,1-2H3,(H,20,22)(H,21,23)/t13-,17+/m0/s1. The van der Waals surface area contributed by atoms with Crippen LogP contribution < -0.4 is 10.9 Å². The van der Waals surface area contributed by atoms with Crippen molar-refractivity contribution in [3.63, 3.8) is 0 Å². The molecule has 0 aliphatic carbocycles. The zero-order chi connectivity index (χ0) is 17.1. The number of amides is 1. The summed E-state index contributed by atoms with van der Waals surface area (Å²) in [7, 11) is 0. The first-order valence-corrected chi connectivity index (χ1v) is 8.27. The number of ether oxygens (including phenoxy) is 1. The number of carbonyl (C=O) groups excluding carboxylic acids is 1. The second-order valence-corrected chi connectivity index (χ2v) is 6.30. The van der Waals surface area contributed by atoms with Gasteiger partial charge in [-0.2, -0.15) is 0 Å². The molecular formula is C19H22N2O3. The third-order valence-electron chi connectivity index (χ3n) is 4.36. The van der Waals surface area contributed by atoms with Gasteiger partial charge >= 0.3 is 0 Å². The lowest BCUT2D eigenvalue weighted by molar-refractivity contribution is 0.0711. The number of nitrogens with one attached hydrogen (secondary N) is 2. The van der Waals surface area contributed by atoms with Crippen LogP contribution in [0.25, 0.3) is 11.3 Å². The molecule has 5 nitrogen and oxygen atoms in total. The third kappa shape index (κ3) is 3.57. The van der Waals surface area contributed by atoms with Crippen molar-refractivity contribution in [2.75, 3.05) is 6.61 Å². The normalized spacial score (nSPS) is 18.3. The van der Waals surface area contributed by atoms with Crippen LogP contribution in [0.4, 0.5) is 0 Å².